The van der Waals surface area contributed by atoms with E-state index in [0.29, 0.717) is 28.8 Å². The molecule has 1 heterocycles. The second-order valence-electron chi connectivity index (χ2n) is 9.02. The molecule has 1 fully saturated rings. The number of hydrogen-bond donors (Lipinski definition) is 1. The third-order valence-corrected chi connectivity index (χ3v) is 7.84. The van der Waals surface area contributed by atoms with Gasteiger partial charge in [0.1, 0.15) is 0 Å². The van der Waals surface area contributed by atoms with Gasteiger partial charge in [-0.15, -0.1) is 4.91 Å². The first-order valence-corrected chi connectivity index (χ1v) is 13.2. The van der Waals surface area contributed by atoms with Gasteiger partial charge in [-0.1, -0.05) is 47.5 Å². The highest BCUT2D eigenvalue weighted by Gasteiger charge is 2.36. The van der Waals surface area contributed by atoms with Crippen LogP contribution >= 0.6 is 35.1 Å². The minimum Gasteiger partial charge on any atom is -0.465 e. The van der Waals surface area contributed by atoms with Crippen molar-refractivity contribution in [3.8, 4) is 0 Å². The van der Waals surface area contributed by atoms with E-state index >= 15 is 0 Å². The summed E-state index contributed by atoms with van der Waals surface area (Å²) in [5, 5.41) is 4.24. The van der Waals surface area contributed by atoms with Crippen LogP contribution in [0.15, 0.2) is 47.0 Å². The summed E-state index contributed by atoms with van der Waals surface area (Å²) < 4.78 is 8.51. The van der Waals surface area contributed by atoms with E-state index in [-0.39, 0.29) is 17.1 Å². The highest BCUT2D eigenvalue weighted by molar-refractivity contribution is 7.99. The number of nitrogens with zero attached hydrogens (tertiary/aromatic N) is 3. The average Bonchev–Trinajstić information content (AvgIpc) is 2.82. The number of esters is 1. The van der Waals surface area contributed by atoms with Gasteiger partial charge in [-0.05, 0) is 70.2 Å². The fraction of sp³-hybridized carbons (Fsp3) is 0.480. The Labute approximate surface area is 221 Å². The zero-order chi connectivity index (χ0) is 25.3. The maximum atomic E-state index is 12.5. The molecule has 35 heavy (non-hydrogen) atoms. The summed E-state index contributed by atoms with van der Waals surface area (Å²) in [6.45, 7) is 3.83. The number of carbonyl (C=O) groups is 1. The number of carbonyl (C=O) groups excluding carboxylic acids is 1. The third kappa shape index (κ3) is 8.36. The fourth-order valence-electron chi connectivity index (χ4n) is 4.23. The Hall–Kier alpha value is -1.84. The number of hydrogen-bond acceptors (Lipinski definition) is 8. The molecule has 190 valence electrons. The topological polar surface area (TPSA) is 74.2 Å². The van der Waals surface area contributed by atoms with Crippen molar-refractivity contribution in [3.63, 3.8) is 0 Å². The molecular formula is C25H32Cl2N4O3S. The van der Waals surface area contributed by atoms with Crippen LogP contribution in [0.25, 0.3) is 0 Å². The van der Waals surface area contributed by atoms with E-state index in [2.05, 4.69) is 26.7 Å². The lowest BCUT2D eigenvalue weighted by Gasteiger charge is -2.40. The Morgan fingerprint density at radius 2 is 1.86 bits per heavy atom. The van der Waals surface area contributed by atoms with E-state index < -0.39 is 0 Å². The Kier molecular flexibility index (Phi) is 10.7. The fourth-order valence-corrected chi connectivity index (χ4v) is 5.52. The number of para-hydroxylation sites is 2. The molecule has 2 aromatic carbocycles. The van der Waals surface area contributed by atoms with E-state index in [1.54, 1.807) is 18.2 Å². The van der Waals surface area contributed by atoms with Crippen molar-refractivity contribution in [1.29, 1.82) is 0 Å². The molecule has 0 saturated carbocycles. The lowest BCUT2D eigenvalue weighted by molar-refractivity contribution is -0.143. The number of benzene rings is 2. The lowest BCUT2D eigenvalue weighted by atomic mass is 9.95. The molecular weight excluding hydrogens is 507 g/mol. The average molecular weight is 540 g/mol. The summed E-state index contributed by atoms with van der Waals surface area (Å²) >= 11 is 13.7. The molecule has 1 aliphatic heterocycles. The summed E-state index contributed by atoms with van der Waals surface area (Å²) in [6, 6.07) is 12.8. The van der Waals surface area contributed by atoms with Gasteiger partial charge in [-0.25, -0.2) is 0 Å². The van der Waals surface area contributed by atoms with Crippen LogP contribution in [0.4, 0.5) is 11.4 Å². The van der Waals surface area contributed by atoms with Gasteiger partial charge >= 0.3 is 5.97 Å². The van der Waals surface area contributed by atoms with Crippen LogP contribution in [0.1, 0.15) is 24.8 Å². The highest BCUT2D eigenvalue weighted by atomic mass is 35.5. The van der Waals surface area contributed by atoms with Crippen molar-refractivity contribution < 1.29 is 9.53 Å². The Balaban J connectivity index is 1.46. The van der Waals surface area contributed by atoms with E-state index in [1.165, 1.54) is 11.9 Å². The van der Waals surface area contributed by atoms with E-state index in [4.69, 9.17) is 27.9 Å². The molecule has 0 aromatic heterocycles. The van der Waals surface area contributed by atoms with Crippen LogP contribution in [0.2, 0.25) is 10.0 Å². The molecule has 1 aliphatic rings. The second kappa shape index (κ2) is 13.5. The smallest absolute Gasteiger partial charge is 0.310 e. The van der Waals surface area contributed by atoms with Gasteiger partial charge in [-0.3, -0.25) is 4.79 Å². The maximum absolute atomic E-state index is 12.5. The van der Waals surface area contributed by atoms with Crippen molar-refractivity contribution in [3.05, 3.63) is 63.0 Å². The van der Waals surface area contributed by atoms with Gasteiger partial charge < -0.3 is 19.9 Å². The van der Waals surface area contributed by atoms with Crippen LogP contribution in [-0.4, -0.2) is 67.4 Å². The predicted molar refractivity (Wildman–Crippen MR) is 146 cm³/mol. The number of halogens is 2. The number of ether oxygens (including phenoxy) is 1. The lowest BCUT2D eigenvalue weighted by Crippen LogP contribution is -2.47. The van der Waals surface area contributed by atoms with E-state index in [1.807, 2.05) is 31.3 Å². The van der Waals surface area contributed by atoms with Crippen molar-refractivity contribution in [2.75, 3.05) is 52.2 Å². The third-order valence-electron chi connectivity index (χ3n) is 6.21. The quantitative estimate of drug-likeness (QED) is 0.153. The monoisotopic (exact) mass is 538 g/mol. The normalized spacial score (nSPS) is 15.7. The van der Waals surface area contributed by atoms with Crippen molar-refractivity contribution in [1.82, 2.24) is 9.80 Å². The minimum absolute atomic E-state index is 0.138. The molecule has 0 amide bonds. The van der Waals surface area contributed by atoms with Crippen molar-refractivity contribution in [2.24, 2.45) is 4.58 Å². The van der Waals surface area contributed by atoms with Crippen LogP contribution in [0.3, 0.4) is 0 Å². The predicted octanol–water partition coefficient (Wildman–Crippen LogP) is 6.02. The number of likely N-dealkylation sites (tertiary alicyclic amines) is 1. The summed E-state index contributed by atoms with van der Waals surface area (Å²) in [4.78, 5) is 28.0. The van der Waals surface area contributed by atoms with Gasteiger partial charge in [0.2, 0.25) is 0 Å². The molecule has 10 heteroatoms. The van der Waals surface area contributed by atoms with Gasteiger partial charge in [0.25, 0.3) is 0 Å². The number of rotatable bonds is 12. The van der Waals surface area contributed by atoms with Gasteiger partial charge in [0.05, 0.1) is 33.5 Å². The number of piperidine rings is 1. The molecule has 7 nitrogen and oxygen atoms in total. The van der Waals surface area contributed by atoms with Crippen LogP contribution < -0.4 is 5.32 Å². The first-order valence-electron chi connectivity index (χ1n) is 11.6. The molecule has 0 aliphatic carbocycles. The molecule has 1 N–H and O–H groups in total. The van der Waals surface area contributed by atoms with Gasteiger partial charge in [0.15, 0.2) is 0 Å². The number of nitrogens with one attached hydrogen (secondary N) is 1. The first kappa shape index (κ1) is 27.7. The minimum atomic E-state index is -0.292. The number of anilines is 2. The highest BCUT2D eigenvalue weighted by Crippen LogP contribution is 2.37. The second-order valence-corrected chi connectivity index (χ2v) is 11.0. The Morgan fingerprint density at radius 1 is 1.17 bits per heavy atom. The summed E-state index contributed by atoms with van der Waals surface area (Å²) in [7, 11) is 4.14. The molecule has 0 spiro atoms. The standard InChI is InChI=1S/C25H32Cl2N4O3S/c1-30-14-11-25(12-15-30,35-29-33)18-31(2)13-6-16-34-23(32)17-19-7-3-4-10-22(19)28-24-20(26)8-5-9-21(24)27/h3-5,7-10,28H,6,11-18H2,1-2H3. The summed E-state index contributed by atoms with van der Waals surface area (Å²) in [6.07, 6.45) is 2.73. The zero-order valence-corrected chi connectivity index (χ0v) is 22.5. The molecule has 2 aromatic rings. The number of nitroso groups, excluding NO2 is 1. The van der Waals surface area contributed by atoms with Crippen LogP contribution in [0.5, 0.6) is 0 Å². The van der Waals surface area contributed by atoms with E-state index in [9.17, 15) is 9.70 Å². The molecule has 0 bridgehead atoms. The summed E-state index contributed by atoms with van der Waals surface area (Å²) in [5.41, 5.74) is 2.15. The van der Waals surface area contributed by atoms with Crippen molar-refractivity contribution >= 4 is 52.5 Å². The molecule has 0 radical (unpaired) electrons. The van der Waals surface area contributed by atoms with E-state index in [0.717, 1.165) is 50.3 Å². The molecule has 0 atom stereocenters. The van der Waals surface area contributed by atoms with Gasteiger partial charge in [-0.2, -0.15) is 0 Å². The maximum Gasteiger partial charge on any atom is 0.310 e. The Bertz CT molecular complexity index is 982. The largest absolute Gasteiger partial charge is 0.465 e. The SMILES string of the molecule is CN1CCC(CN(C)CCCOC(=O)Cc2ccccc2Nc2c(Cl)cccc2Cl)(SN=O)CC1. The molecule has 0 unspecified atom stereocenters. The van der Waals surface area contributed by atoms with Crippen LogP contribution in [0, 0.1) is 4.91 Å². The Morgan fingerprint density at radius 3 is 2.54 bits per heavy atom. The van der Waals surface area contributed by atoms with Crippen LogP contribution in [-0.2, 0) is 16.0 Å². The van der Waals surface area contributed by atoms with Gasteiger partial charge in [0, 0.05) is 35.3 Å². The first-order chi connectivity index (χ1) is 16.8. The summed E-state index contributed by atoms with van der Waals surface area (Å²) in [5.74, 6) is -0.292. The molecule has 3 rings (SSSR count). The molecule has 1 saturated heterocycles. The van der Waals surface area contributed by atoms with Crippen molar-refractivity contribution in [2.45, 2.75) is 30.4 Å². The zero-order valence-electron chi connectivity index (χ0n) is 20.1.